The van der Waals surface area contributed by atoms with Crippen LogP contribution in [-0.2, 0) is 6.54 Å². The predicted octanol–water partition coefficient (Wildman–Crippen LogP) is 5.87. The molecule has 0 amide bonds. The van der Waals surface area contributed by atoms with Gasteiger partial charge in [-0.1, -0.05) is 23.7 Å². The molecule has 1 saturated heterocycles. The van der Waals surface area contributed by atoms with Gasteiger partial charge < -0.3 is 14.6 Å². The van der Waals surface area contributed by atoms with Gasteiger partial charge in [0.1, 0.15) is 17.6 Å². The molecule has 5 rings (SSSR count). The smallest absolute Gasteiger partial charge is 0.170 e. The monoisotopic (exact) mass is 460 g/mol. The van der Waals surface area contributed by atoms with Gasteiger partial charge in [0.15, 0.2) is 5.11 Å². The molecule has 160 valence electrons. The van der Waals surface area contributed by atoms with E-state index in [-0.39, 0.29) is 12.1 Å². The maximum Gasteiger partial charge on any atom is 0.170 e. The van der Waals surface area contributed by atoms with Crippen molar-refractivity contribution in [2.45, 2.75) is 25.6 Å². The number of hydrogen-bond donors (Lipinski definition) is 1. The van der Waals surface area contributed by atoms with Crippen molar-refractivity contribution >= 4 is 28.9 Å². The lowest BCUT2D eigenvalue weighted by atomic mass is 10.0. The number of rotatable bonds is 5. The van der Waals surface area contributed by atoms with E-state index in [1.807, 2.05) is 67.6 Å². The molecule has 0 radical (unpaired) electrons. The third kappa shape index (κ3) is 3.99. The van der Waals surface area contributed by atoms with Crippen LogP contribution in [0.25, 0.3) is 11.3 Å². The average Bonchev–Trinajstić information content (AvgIpc) is 3.42. The molecule has 32 heavy (non-hydrogen) atoms. The zero-order valence-corrected chi connectivity index (χ0v) is 19.0. The molecule has 1 N–H and O–H groups in total. The molecule has 2 atom stereocenters. The third-order valence-corrected chi connectivity index (χ3v) is 6.27. The van der Waals surface area contributed by atoms with Crippen LogP contribution < -0.4 is 5.32 Å². The Morgan fingerprint density at radius 3 is 2.69 bits per heavy atom. The number of thiocarbonyl (C=S) groups is 1. The van der Waals surface area contributed by atoms with Gasteiger partial charge in [-0.3, -0.25) is 9.97 Å². The number of aromatic nitrogens is 2. The van der Waals surface area contributed by atoms with Gasteiger partial charge in [-0.05, 0) is 78.8 Å². The van der Waals surface area contributed by atoms with E-state index in [4.69, 9.17) is 28.2 Å². The molecule has 0 bridgehead atoms. The molecule has 0 spiro atoms. The summed E-state index contributed by atoms with van der Waals surface area (Å²) < 4.78 is 6.42. The Kier molecular flexibility index (Phi) is 5.64. The van der Waals surface area contributed by atoms with Crippen molar-refractivity contribution in [2.24, 2.45) is 0 Å². The van der Waals surface area contributed by atoms with Gasteiger partial charge in [0.05, 0.1) is 11.7 Å². The lowest BCUT2D eigenvalue weighted by Crippen LogP contribution is -2.29. The molecule has 3 aromatic heterocycles. The van der Waals surface area contributed by atoms with E-state index < -0.39 is 0 Å². The Hall–Kier alpha value is -3.22. The minimum Gasteiger partial charge on any atom is -0.459 e. The first kappa shape index (κ1) is 20.7. The number of aryl methyl sites for hydroxylation is 1. The van der Waals surface area contributed by atoms with E-state index in [1.165, 1.54) is 0 Å². The number of nitrogens with zero attached hydrogens (tertiary/aromatic N) is 3. The van der Waals surface area contributed by atoms with Gasteiger partial charge in [-0.2, -0.15) is 0 Å². The van der Waals surface area contributed by atoms with Crippen molar-refractivity contribution in [2.75, 3.05) is 0 Å². The van der Waals surface area contributed by atoms with Crippen LogP contribution in [0.1, 0.15) is 34.7 Å². The Morgan fingerprint density at radius 1 is 1.06 bits per heavy atom. The highest BCUT2D eigenvalue weighted by Crippen LogP contribution is 2.41. The summed E-state index contributed by atoms with van der Waals surface area (Å²) in [5, 5.41) is 4.80. The summed E-state index contributed by atoms with van der Waals surface area (Å²) in [5.41, 5.74) is 4.11. The van der Waals surface area contributed by atoms with Gasteiger partial charge in [-0.15, -0.1) is 0 Å². The van der Waals surface area contributed by atoms with Crippen molar-refractivity contribution < 1.29 is 4.42 Å². The molecule has 1 aliphatic rings. The van der Waals surface area contributed by atoms with Crippen molar-refractivity contribution in [1.29, 1.82) is 0 Å². The molecular weight excluding hydrogens is 440 g/mol. The molecule has 0 aliphatic carbocycles. The topological polar surface area (TPSA) is 54.2 Å². The largest absolute Gasteiger partial charge is 0.459 e. The fourth-order valence-corrected chi connectivity index (χ4v) is 4.56. The molecule has 4 heterocycles. The number of pyridine rings is 2. The average molecular weight is 461 g/mol. The first-order chi connectivity index (χ1) is 15.6. The molecule has 0 saturated carbocycles. The van der Waals surface area contributed by atoms with Gasteiger partial charge >= 0.3 is 0 Å². The zero-order valence-electron chi connectivity index (χ0n) is 17.4. The van der Waals surface area contributed by atoms with Crippen LogP contribution in [0.2, 0.25) is 5.02 Å². The van der Waals surface area contributed by atoms with Crippen LogP contribution in [0.3, 0.4) is 0 Å². The number of furan rings is 1. The first-order valence-corrected chi connectivity index (χ1v) is 11.1. The Bertz CT molecular complexity index is 1250. The summed E-state index contributed by atoms with van der Waals surface area (Å²) in [6.07, 6.45) is 5.38. The Labute approximate surface area is 197 Å². The highest BCUT2D eigenvalue weighted by molar-refractivity contribution is 7.80. The Balaban J connectivity index is 1.56. The van der Waals surface area contributed by atoms with E-state index in [0.29, 0.717) is 16.7 Å². The first-order valence-electron chi connectivity index (χ1n) is 10.3. The summed E-state index contributed by atoms with van der Waals surface area (Å²) in [6.45, 7) is 2.68. The van der Waals surface area contributed by atoms with Gasteiger partial charge in [0.2, 0.25) is 0 Å². The Morgan fingerprint density at radius 2 is 1.91 bits per heavy atom. The molecule has 1 aliphatic heterocycles. The molecule has 7 heteroatoms. The maximum absolute atomic E-state index is 6.42. The quantitative estimate of drug-likeness (QED) is 0.376. The molecule has 1 aromatic carbocycles. The molecular formula is C25H21ClN4OS. The van der Waals surface area contributed by atoms with E-state index >= 15 is 0 Å². The molecule has 0 unspecified atom stereocenters. The lowest BCUT2D eigenvalue weighted by molar-refractivity contribution is 0.269. The number of benzene rings is 1. The van der Waals surface area contributed by atoms with Crippen LogP contribution in [0.4, 0.5) is 0 Å². The van der Waals surface area contributed by atoms with Crippen LogP contribution in [0, 0.1) is 6.92 Å². The van der Waals surface area contributed by atoms with Crippen molar-refractivity contribution in [3.8, 4) is 11.3 Å². The van der Waals surface area contributed by atoms with Crippen molar-refractivity contribution in [3.05, 3.63) is 107 Å². The van der Waals surface area contributed by atoms with E-state index in [0.717, 1.165) is 33.9 Å². The number of nitrogens with one attached hydrogen (secondary N) is 1. The summed E-state index contributed by atoms with van der Waals surface area (Å²) in [4.78, 5) is 10.9. The van der Waals surface area contributed by atoms with Crippen LogP contribution >= 0.6 is 23.8 Å². The SMILES string of the molecule is Cc1ccc(Cl)cc1-c1ccc([C@@H]2[C@H](c3ccccn3)NC(=S)N2Cc2ccncc2)o1. The number of hydrogen-bond acceptors (Lipinski definition) is 4. The number of halogens is 1. The van der Waals surface area contributed by atoms with Crippen LogP contribution in [-0.4, -0.2) is 20.0 Å². The van der Waals surface area contributed by atoms with E-state index in [2.05, 4.69) is 20.2 Å². The summed E-state index contributed by atoms with van der Waals surface area (Å²) >= 11 is 12.0. The van der Waals surface area contributed by atoms with E-state index in [1.54, 1.807) is 18.6 Å². The molecule has 5 nitrogen and oxygen atoms in total. The van der Waals surface area contributed by atoms with Crippen molar-refractivity contribution in [1.82, 2.24) is 20.2 Å². The fraction of sp³-hybridized carbons (Fsp3) is 0.160. The minimum absolute atomic E-state index is 0.134. The van der Waals surface area contributed by atoms with Crippen LogP contribution in [0.5, 0.6) is 0 Å². The van der Waals surface area contributed by atoms with E-state index in [9.17, 15) is 0 Å². The third-order valence-electron chi connectivity index (χ3n) is 5.68. The van der Waals surface area contributed by atoms with Gasteiger partial charge in [0.25, 0.3) is 0 Å². The highest BCUT2D eigenvalue weighted by Gasteiger charge is 2.41. The second kappa shape index (κ2) is 8.73. The summed E-state index contributed by atoms with van der Waals surface area (Å²) in [5.74, 6) is 1.60. The second-order valence-electron chi connectivity index (χ2n) is 7.77. The zero-order chi connectivity index (χ0) is 22.1. The highest BCUT2D eigenvalue weighted by atomic mass is 35.5. The van der Waals surface area contributed by atoms with Gasteiger partial charge in [0, 0.05) is 35.7 Å². The van der Waals surface area contributed by atoms with Crippen LogP contribution in [0.15, 0.2) is 83.7 Å². The minimum atomic E-state index is -0.154. The van der Waals surface area contributed by atoms with Gasteiger partial charge in [-0.25, -0.2) is 0 Å². The second-order valence-corrected chi connectivity index (χ2v) is 8.59. The predicted molar refractivity (Wildman–Crippen MR) is 129 cm³/mol. The lowest BCUT2D eigenvalue weighted by Gasteiger charge is -2.26. The molecule has 4 aromatic rings. The summed E-state index contributed by atoms with van der Waals surface area (Å²) in [7, 11) is 0. The fourth-order valence-electron chi connectivity index (χ4n) is 4.09. The maximum atomic E-state index is 6.42. The van der Waals surface area contributed by atoms with Crippen molar-refractivity contribution in [3.63, 3.8) is 0 Å². The normalized spacial score (nSPS) is 18.1. The molecule has 1 fully saturated rings. The standard InChI is InChI=1S/C25H21ClN4OS/c1-16-5-6-18(26)14-19(16)21-7-8-22(31-21)24-23(20-4-2-3-11-28-20)29-25(32)30(24)15-17-9-12-27-13-10-17/h2-14,23-24H,15H2,1H3,(H,29,32)/t23-,24+/m0/s1. The summed E-state index contributed by atoms with van der Waals surface area (Å²) in [6, 6.07) is 19.4.